The molecule has 2 aliphatic rings. The summed E-state index contributed by atoms with van der Waals surface area (Å²) in [6, 6.07) is -0.682. The normalized spacial score (nSPS) is 28.6. The summed E-state index contributed by atoms with van der Waals surface area (Å²) in [4.78, 5) is 26.8. The van der Waals surface area contributed by atoms with Crippen molar-refractivity contribution >= 4 is 11.8 Å². The number of hydrogen-bond donors (Lipinski definition) is 1. The van der Waals surface area contributed by atoms with Crippen molar-refractivity contribution in [2.45, 2.75) is 58.0 Å². The predicted octanol–water partition coefficient (Wildman–Crippen LogP) is 2.10. The lowest BCUT2D eigenvalue weighted by Crippen LogP contribution is -2.66. The van der Waals surface area contributed by atoms with Gasteiger partial charge in [0.15, 0.2) is 0 Å². The van der Waals surface area contributed by atoms with Crippen LogP contribution in [0, 0.1) is 11.8 Å². The molecule has 1 N–H and O–H groups in total. The number of rotatable bonds is 4. The topological polar surface area (TPSA) is 49.4 Å². The number of carbonyl (C=O) groups excluding carboxylic acids is 2. The zero-order valence-corrected chi connectivity index (χ0v) is 12.6. The van der Waals surface area contributed by atoms with Crippen LogP contribution in [-0.2, 0) is 9.59 Å². The number of amides is 2. The fourth-order valence-electron chi connectivity index (χ4n) is 3.55. The second-order valence-corrected chi connectivity index (χ2v) is 6.35. The van der Waals surface area contributed by atoms with Crippen molar-refractivity contribution < 1.29 is 9.59 Å². The van der Waals surface area contributed by atoms with Gasteiger partial charge in [0.05, 0.1) is 0 Å². The van der Waals surface area contributed by atoms with Crippen LogP contribution in [0.1, 0.15) is 46.0 Å². The summed E-state index contributed by atoms with van der Waals surface area (Å²) in [6.45, 7) is 8.14. The van der Waals surface area contributed by atoms with Crippen molar-refractivity contribution in [2.75, 3.05) is 6.54 Å². The molecule has 0 radical (unpaired) electrons. The highest BCUT2D eigenvalue weighted by Crippen LogP contribution is 2.30. The van der Waals surface area contributed by atoms with Gasteiger partial charge in [0, 0.05) is 6.54 Å². The summed E-state index contributed by atoms with van der Waals surface area (Å²) in [6.07, 6.45) is 7.38. The summed E-state index contributed by atoms with van der Waals surface area (Å²) < 4.78 is 0. The molecule has 4 nitrogen and oxygen atoms in total. The van der Waals surface area contributed by atoms with Crippen molar-refractivity contribution in [3.63, 3.8) is 0 Å². The first-order chi connectivity index (χ1) is 9.56. The molecule has 0 bridgehead atoms. The van der Waals surface area contributed by atoms with E-state index in [1.165, 1.54) is 19.3 Å². The van der Waals surface area contributed by atoms with E-state index >= 15 is 0 Å². The summed E-state index contributed by atoms with van der Waals surface area (Å²) in [7, 11) is 0. The zero-order chi connectivity index (χ0) is 14.7. The van der Waals surface area contributed by atoms with E-state index < -0.39 is 0 Å². The number of carbonyl (C=O) groups is 2. The van der Waals surface area contributed by atoms with Gasteiger partial charge in [-0.3, -0.25) is 9.59 Å². The van der Waals surface area contributed by atoms with Gasteiger partial charge in [-0.25, -0.2) is 0 Å². The Morgan fingerprint density at radius 3 is 2.50 bits per heavy atom. The van der Waals surface area contributed by atoms with Gasteiger partial charge in [-0.1, -0.05) is 39.2 Å². The SMILES string of the molecule is C=CCN1C(=O)C(C2CCCCC2)NC(=O)C1C(C)C. The van der Waals surface area contributed by atoms with Crippen LogP contribution < -0.4 is 5.32 Å². The van der Waals surface area contributed by atoms with Gasteiger partial charge >= 0.3 is 0 Å². The van der Waals surface area contributed by atoms with Gasteiger partial charge in [0.25, 0.3) is 0 Å². The first kappa shape index (κ1) is 15.1. The molecule has 0 aromatic carbocycles. The molecule has 1 saturated heterocycles. The van der Waals surface area contributed by atoms with E-state index in [0.29, 0.717) is 12.5 Å². The van der Waals surface area contributed by atoms with Crippen LogP contribution in [0.3, 0.4) is 0 Å². The Bertz CT molecular complexity index is 386. The lowest BCUT2D eigenvalue weighted by atomic mass is 9.81. The van der Waals surface area contributed by atoms with Crippen LogP contribution >= 0.6 is 0 Å². The Kier molecular flexibility index (Phi) is 4.84. The highest BCUT2D eigenvalue weighted by Gasteiger charge is 2.44. The van der Waals surface area contributed by atoms with E-state index in [-0.39, 0.29) is 29.8 Å². The van der Waals surface area contributed by atoms with Crippen LogP contribution in [0.25, 0.3) is 0 Å². The molecule has 2 atom stereocenters. The number of nitrogens with one attached hydrogen (secondary N) is 1. The van der Waals surface area contributed by atoms with Gasteiger partial charge < -0.3 is 10.2 Å². The molecule has 2 amide bonds. The fourth-order valence-corrected chi connectivity index (χ4v) is 3.55. The van der Waals surface area contributed by atoms with Crippen LogP contribution in [0.2, 0.25) is 0 Å². The second-order valence-electron chi connectivity index (χ2n) is 6.35. The average Bonchev–Trinajstić information content (AvgIpc) is 2.43. The van der Waals surface area contributed by atoms with Gasteiger partial charge in [-0.2, -0.15) is 0 Å². The third-order valence-corrected chi connectivity index (χ3v) is 4.53. The van der Waals surface area contributed by atoms with E-state index in [1.54, 1.807) is 11.0 Å². The molecular weight excluding hydrogens is 252 g/mol. The number of nitrogens with zero attached hydrogens (tertiary/aromatic N) is 1. The molecule has 1 aliphatic carbocycles. The maximum absolute atomic E-state index is 12.7. The first-order valence-electron chi connectivity index (χ1n) is 7.78. The smallest absolute Gasteiger partial charge is 0.246 e. The molecule has 0 aromatic rings. The fraction of sp³-hybridized carbons (Fsp3) is 0.750. The zero-order valence-electron chi connectivity index (χ0n) is 12.6. The average molecular weight is 278 g/mol. The molecule has 1 saturated carbocycles. The van der Waals surface area contributed by atoms with Crippen molar-refractivity contribution in [2.24, 2.45) is 11.8 Å². The van der Waals surface area contributed by atoms with E-state index in [2.05, 4.69) is 11.9 Å². The molecule has 112 valence electrons. The van der Waals surface area contributed by atoms with E-state index in [9.17, 15) is 9.59 Å². The van der Waals surface area contributed by atoms with Crippen LogP contribution in [0.5, 0.6) is 0 Å². The third-order valence-electron chi connectivity index (χ3n) is 4.53. The minimum absolute atomic E-state index is 0.00276. The summed E-state index contributed by atoms with van der Waals surface area (Å²) in [5.74, 6) is 0.499. The molecule has 1 heterocycles. The van der Waals surface area contributed by atoms with Crippen LogP contribution in [0.4, 0.5) is 0 Å². The Hall–Kier alpha value is -1.32. The second kappa shape index (κ2) is 6.42. The Morgan fingerprint density at radius 2 is 1.95 bits per heavy atom. The summed E-state index contributed by atoms with van der Waals surface area (Å²) in [5.41, 5.74) is 0. The third kappa shape index (κ3) is 2.89. The maximum atomic E-state index is 12.7. The Balaban J connectivity index is 2.19. The lowest BCUT2D eigenvalue weighted by Gasteiger charge is -2.43. The monoisotopic (exact) mass is 278 g/mol. The molecule has 4 heteroatoms. The molecular formula is C16H26N2O2. The Labute approximate surface area is 121 Å². The number of piperazine rings is 1. The van der Waals surface area contributed by atoms with E-state index in [4.69, 9.17) is 0 Å². The predicted molar refractivity (Wildman–Crippen MR) is 79.0 cm³/mol. The molecule has 0 spiro atoms. The van der Waals surface area contributed by atoms with E-state index in [0.717, 1.165) is 12.8 Å². The van der Waals surface area contributed by atoms with Crippen molar-refractivity contribution in [3.05, 3.63) is 12.7 Å². The van der Waals surface area contributed by atoms with Crippen molar-refractivity contribution in [1.82, 2.24) is 10.2 Å². The molecule has 20 heavy (non-hydrogen) atoms. The minimum Gasteiger partial charge on any atom is -0.342 e. The standard InChI is InChI=1S/C16H26N2O2/c1-4-10-18-14(11(2)3)15(19)17-13(16(18)20)12-8-6-5-7-9-12/h4,11-14H,1,5-10H2,2-3H3,(H,17,19). The van der Waals surface area contributed by atoms with Crippen molar-refractivity contribution in [1.29, 1.82) is 0 Å². The number of hydrogen-bond acceptors (Lipinski definition) is 2. The first-order valence-corrected chi connectivity index (χ1v) is 7.78. The molecule has 0 aromatic heterocycles. The van der Waals surface area contributed by atoms with Gasteiger partial charge in [0.1, 0.15) is 12.1 Å². The molecule has 2 rings (SSSR count). The van der Waals surface area contributed by atoms with E-state index in [1.807, 2.05) is 13.8 Å². The summed E-state index contributed by atoms with van der Waals surface area (Å²) >= 11 is 0. The lowest BCUT2D eigenvalue weighted by molar-refractivity contribution is -0.152. The molecule has 2 unspecified atom stereocenters. The van der Waals surface area contributed by atoms with Gasteiger partial charge in [0.2, 0.25) is 11.8 Å². The maximum Gasteiger partial charge on any atom is 0.246 e. The van der Waals surface area contributed by atoms with Gasteiger partial charge in [-0.15, -0.1) is 6.58 Å². The van der Waals surface area contributed by atoms with Gasteiger partial charge in [-0.05, 0) is 24.7 Å². The van der Waals surface area contributed by atoms with Crippen LogP contribution in [0.15, 0.2) is 12.7 Å². The minimum atomic E-state index is -0.361. The summed E-state index contributed by atoms with van der Waals surface area (Å²) in [5, 5.41) is 2.99. The van der Waals surface area contributed by atoms with Crippen LogP contribution in [-0.4, -0.2) is 35.3 Å². The molecule has 1 aliphatic heterocycles. The quantitative estimate of drug-likeness (QED) is 0.801. The Morgan fingerprint density at radius 1 is 1.30 bits per heavy atom. The largest absolute Gasteiger partial charge is 0.342 e. The highest BCUT2D eigenvalue weighted by molar-refractivity contribution is 5.97. The van der Waals surface area contributed by atoms with Crippen molar-refractivity contribution in [3.8, 4) is 0 Å². The highest BCUT2D eigenvalue weighted by atomic mass is 16.2. The molecule has 2 fully saturated rings.